The molecule has 0 heterocycles. The van der Waals surface area contributed by atoms with Crippen molar-refractivity contribution in [1.29, 1.82) is 0 Å². The second-order valence-electron chi connectivity index (χ2n) is 9.38. The summed E-state index contributed by atoms with van der Waals surface area (Å²) in [5.74, 6) is 0. The zero-order valence-electron chi connectivity index (χ0n) is 19.5. The molecule has 2 heteroatoms. The summed E-state index contributed by atoms with van der Waals surface area (Å²) in [7, 11) is 0. The van der Waals surface area contributed by atoms with Gasteiger partial charge in [-0.1, -0.05) is 0 Å². The number of hydrogen-bond acceptors (Lipinski definition) is 0. The average Bonchev–Trinajstić information content (AvgIpc) is 2.75. The Hall–Kier alpha value is -0.650. The van der Waals surface area contributed by atoms with Gasteiger partial charge in [0.15, 0.2) is 0 Å². The van der Waals surface area contributed by atoms with Crippen LogP contribution in [0.15, 0.2) is 60.7 Å². The molecule has 0 fully saturated rings. The molecule has 2 rings (SSSR count). The molecule has 0 bridgehead atoms. The third kappa shape index (κ3) is 9.23. The number of rotatable bonds is 16. The molecule has 0 radical (unpaired) electrons. The van der Waals surface area contributed by atoms with Crippen molar-refractivity contribution in [3.8, 4) is 0 Å². The van der Waals surface area contributed by atoms with Crippen molar-refractivity contribution in [3.05, 3.63) is 71.8 Å². The Kier molecular flexibility index (Phi) is 11.7. The molecule has 30 heavy (non-hydrogen) atoms. The summed E-state index contributed by atoms with van der Waals surface area (Å²) < 4.78 is 0. The second kappa shape index (κ2) is 13.7. The van der Waals surface area contributed by atoms with Crippen LogP contribution in [0.25, 0.3) is 0 Å². The summed E-state index contributed by atoms with van der Waals surface area (Å²) >= 11 is 4.64. The minimum atomic E-state index is -2.09. The van der Waals surface area contributed by atoms with E-state index in [9.17, 15) is 0 Å². The van der Waals surface area contributed by atoms with Crippen molar-refractivity contribution in [2.45, 2.75) is 90.4 Å². The van der Waals surface area contributed by atoms with Gasteiger partial charge < -0.3 is 0 Å². The number of hydrogen-bond donors (Lipinski definition) is 0. The molecule has 0 nitrogen and oxygen atoms in total. The van der Waals surface area contributed by atoms with E-state index in [0.29, 0.717) is 0 Å². The first-order chi connectivity index (χ1) is 14.6. The first-order valence-electron chi connectivity index (χ1n) is 12.4. The van der Waals surface area contributed by atoms with Crippen molar-refractivity contribution in [3.63, 3.8) is 0 Å². The predicted octanol–water partition coefficient (Wildman–Crippen LogP) is 10.2. The van der Waals surface area contributed by atoms with E-state index in [-0.39, 0.29) is 0 Å². The van der Waals surface area contributed by atoms with Crippen LogP contribution in [-0.4, -0.2) is 12.3 Å². The van der Waals surface area contributed by atoms with Gasteiger partial charge in [0.1, 0.15) is 0 Å². The van der Waals surface area contributed by atoms with E-state index < -0.39 is 5.31 Å². The van der Waals surface area contributed by atoms with Crippen LogP contribution in [0.4, 0.5) is 0 Å². The van der Waals surface area contributed by atoms with Gasteiger partial charge in [-0.15, -0.1) is 0 Å². The Morgan fingerprint density at radius 3 is 1.27 bits per heavy atom. The van der Waals surface area contributed by atoms with Crippen LogP contribution in [0, 0.1) is 0 Å². The Morgan fingerprint density at radius 1 is 0.533 bits per heavy atom. The summed E-state index contributed by atoms with van der Waals surface area (Å²) in [5.41, 5.74) is 3.04. The number of benzene rings is 2. The van der Waals surface area contributed by atoms with E-state index in [2.05, 4.69) is 90.0 Å². The van der Waals surface area contributed by atoms with Gasteiger partial charge in [0.25, 0.3) is 0 Å². The molecule has 0 aliphatic heterocycles. The van der Waals surface area contributed by atoms with E-state index in [1.165, 1.54) is 100.0 Å². The van der Waals surface area contributed by atoms with Crippen LogP contribution in [0.3, 0.4) is 0 Å². The molecule has 2 aromatic rings. The van der Waals surface area contributed by atoms with Gasteiger partial charge in [-0.25, -0.2) is 0 Å². The number of unbranched alkanes of at least 4 members (excludes halogenated alkanes) is 8. The van der Waals surface area contributed by atoms with E-state index >= 15 is 0 Å². The zero-order chi connectivity index (χ0) is 21.6. The van der Waals surface area contributed by atoms with Gasteiger partial charge >= 0.3 is 195 Å². The van der Waals surface area contributed by atoms with Crippen LogP contribution in [0.5, 0.6) is 0 Å². The quantitative estimate of drug-likeness (QED) is 0.162. The van der Waals surface area contributed by atoms with Crippen LogP contribution >= 0.6 is 20.8 Å². The minimum absolute atomic E-state index is 1.24. The zero-order valence-corrected chi connectivity index (χ0v) is 22.0. The van der Waals surface area contributed by atoms with Crippen LogP contribution in [0.1, 0.15) is 89.2 Å². The number of halogens is 1. The van der Waals surface area contributed by atoms with Crippen molar-refractivity contribution in [1.82, 2.24) is 0 Å². The summed E-state index contributed by atoms with van der Waals surface area (Å²) in [5, 5.41) is -2.09. The van der Waals surface area contributed by atoms with Gasteiger partial charge in [0.2, 0.25) is 0 Å². The van der Waals surface area contributed by atoms with Gasteiger partial charge in [-0.05, 0) is 0 Å². The van der Waals surface area contributed by atoms with Gasteiger partial charge in [0, 0.05) is 0 Å². The van der Waals surface area contributed by atoms with Crippen molar-refractivity contribution < 1.29 is 0 Å². The molecule has 0 saturated heterocycles. The molecule has 0 unspecified atom stereocenters. The molecule has 168 valence electrons. The SMILES string of the molecule is CCCCCCCP(Br)(CCCCCCC)(Cc1ccccc1)Cc1ccccc1. The molecule has 0 saturated carbocycles. The van der Waals surface area contributed by atoms with E-state index in [1.807, 2.05) is 0 Å². The first kappa shape index (κ1) is 25.6. The third-order valence-corrected chi connectivity index (χ3v) is 15.3. The maximum absolute atomic E-state index is 4.64. The van der Waals surface area contributed by atoms with Crippen molar-refractivity contribution >= 4 is 20.8 Å². The topological polar surface area (TPSA) is 0 Å². The molecule has 0 aromatic heterocycles. The third-order valence-electron chi connectivity index (χ3n) is 6.48. The molecule has 2 aromatic carbocycles. The molecule has 0 spiro atoms. The standard InChI is InChI=1S/C28H44BrP/c1-3-5-7-9-17-23-30(29,24-18-10-8-6-4-2,25-27-19-13-11-14-20-27)26-28-21-15-12-16-22-28/h11-16,19-22H,3-10,17-18,23-26H2,1-2H3. The summed E-state index contributed by atoms with van der Waals surface area (Å²) in [6.45, 7) is 4.62. The molecule has 0 N–H and O–H groups in total. The first-order valence-corrected chi connectivity index (χ1v) is 17.4. The Labute approximate surface area is 194 Å². The fraction of sp³-hybridized carbons (Fsp3) is 0.571. The molecule has 0 atom stereocenters. The Bertz CT molecular complexity index is 623. The maximum atomic E-state index is 4.64. The summed E-state index contributed by atoms with van der Waals surface area (Å²) in [6.07, 6.45) is 19.0. The molecule has 0 amide bonds. The molecule has 0 aliphatic rings. The van der Waals surface area contributed by atoms with Gasteiger partial charge in [-0.3, -0.25) is 0 Å². The van der Waals surface area contributed by atoms with Crippen molar-refractivity contribution in [2.75, 3.05) is 12.3 Å². The van der Waals surface area contributed by atoms with E-state index in [0.717, 1.165) is 0 Å². The van der Waals surface area contributed by atoms with Crippen LogP contribution in [-0.2, 0) is 12.3 Å². The Morgan fingerprint density at radius 2 is 0.900 bits per heavy atom. The summed E-state index contributed by atoms with van der Waals surface area (Å²) in [6, 6.07) is 22.6. The summed E-state index contributed by atoms with van der Waals surface area (Å²) in [4.78, 5) is 0. The molecule has 0 aliphatic carbocycles. The van der Waals surface area contributed by atoms with Crippen molar-refractivity contribution in [2.24, 2.45) is 0 Å². The average molecular weight is 492 g/mol. The van der Waals surface area contributed by atoms with E-state index in [4.69, 9.17) is 0 Å². The second-order valence-corrected chi connectivity index (χ2v) is 20.6. The molecular formula is C28H44BrP. The van der Waals surface area contributed by atoms with Gasteiger partial charge in [0.05, 0.1) is 0 Å². The fourth-order valence-electron chi connectivity index (χ4n) is 4.78. The van der Waals surface area contributed by atoms with E-state index in [1.54, 1.807) is 0 Å². The normalized spacial score (nSPS) is 13.1. The van der Waals surface area contributed by atoms with Crippen LogP contribution < -0.4 is 0 Å². The monoisotopic (exact) mass is 490 g/mol. The van der Waals surface area contributed by atoms with Crippen LogP contribution in [0.2, 0.25) is 0 Å². The fourth-order valence-corrected chi connectivity index (χ4v) is 13.3. The molecular weight excluding hydrogens is 447 g/mol. The Balaban J connectivity index is 2.24. The van der Waals surface area contributed by atoms with Gasteiger partial charge in [-0.2, -0.15) is 0 Å². The predicted molar refractivity (Wildman–Crippen MR) is 143 cm³/mol.